The third-order valence-electron chi connectivity index (χ3n) is 4.34. The second-order valence-corrected chi connectivity index (χ2v) is 7.50. The third kappa shape index (κ3) is 5.18. The Labute approximate surface area is 144 Å². The fourth-order valence-corrected chi connectivity index (χ4v) is 3.59. The van der Waals surface area contributed by atoms with Crippen LogP contribution in [0.15, 0.2) is 10.4 Å². The van der Waals surface area contributed by atoms with Crippen LogP contribution in [0.5, 0.6) is 0 Å². The van der Waals surface area contributed by atoms with Crippen LogP contribution in [0.25, 0.3) is 0 Å². The Hall–Kier alpha value is -1.14. The maximum atomic E-state index is 4.72. The molecule has 2 atom stereocenters. The van der Waals surface area contributed by atoms with E-state index in [0.717, 1.165) is 37.7 Å². The van der Waals surface area contributed by atoms with Gasteiger partial charge in [0.25, 0.3) is 0 Å². The second kappa shape index (κ2) is 8.64. The Bertz CT molecular complexity index is 511. The predicted molar refractivity (Wildman–Crippen MR) is 99.1 cm³/mol. The largest absolute Gasteiger partial charge is 0.357 e. The van der Waals surface area contributed by atoms with Crippen LogP contribution < -0.4 is 10.6 Å². The molecule has 2 heterocycles. The molecule has 2 N–H and O–H groups in total. The van der Waals surface area contributed by atoms with E-state index in [9.17, 15) is 0 Å². The molecule has 1 aromatic rings. The van der Waals surface area contributed by atoms with Gasteiger partial charge in [0.05, 0.1) is 17.2 Å². The molecule has 0 amide bonds. The number of aliphatic imine (C=N–C) groups is 1. The van der Waals surface area contributed by atoms with Gasteiger partial charge in [-0.1, -0.05) is 13.8 Å². The molecule has 1 aliphatic heterocycles. The lowest BCUT2D eigenvalue weighted by molar-refractivity contribution is 0.265. The van der Waals surface area contributed by atoms with Crippen LogP contribution in [0, 0.1) is 5.92 Å². The van der Waals surface area contributed by atoms with Crippen molar-refractivity contribution in [1.29, 1.82) is 0 Å². The molecule has 0 aromatic carbocycles. The van der Waals surface area contributed by atoms with Gasteiger partial charge in [-0.15, -0.1) is 11.3 Å². The number of hydrogen-bond donors (Lipinski definition) is 2. The van der Waals surface area contributed by atoms with E-state index in [2.05, 4.69) is 60.5 Å². The minimum Gasteiger partial charge on any atom is -0.357 e. The summed E-state index contributed by atoms with van der Waals surface area (Å²) < 4.78 is 0. The number of guanidine groups is 1. The van der Waals surface area contributed by atoms with Crippen LogP contribution in [0.3, 0.4) is 0 Å². The summed E-state index contributed by atoms with van der Waals surface area (Å²) in [5.41, 5.74) is 1.06. The van der Waals surface area contributed by atoms with Gasteiger partial charge in [0, 0.05) is 37.1 Å². The van der Waals surface area contributed by atoms with Crippen molar-refractivity contribution in [3.63, 3.8) is 0 Å². The van der Waals surface area contributed by atoms with E-state index in [0.29, 0.717) is 24.5 Å². The highest BCUT2D eigenvalue weighted by molar-refractivity contribution is 7.09. The topological polar surface area (TPSA) is 52.6 Å². The Morgan fingerprint density at radius 3 is 2.78 bits per heavy atom. The van der Waals surface area contributed by atoms with E-state index in [1.54, 1.807) is 11.3 Å². The Morgan fingerprint density at radius 2 is 2.22 bits per heavy atom. The molecule has 0 aliphatic carbocycles. The van der Waals surface area contributed by atoms with Crippen molar-refractivity contribution in [3.8, 4) is 0 Å². The number of nitrogens with zero attached hydrogens (tertiary/aromatic N) is 3. The zero-order valence-corrected chi connectivity index (χ0v) is 15.9. The second-order valence-electron chi connectivity index (χ2n) is 6.56. The van der Waals surface area contributed by atoms with Crippen LogP contribution in [0.4, 0.5) is 0 Å². The summed E-state index contributed by atoms with van der Waals surface area (Å²) in [7, 11) is 0. The minimum absolute atomic E-state index is 0.455. The lowest BCUT2D eigenvalue weighted by atomic mass is 10.1. The summed E-state index contributed by atoms with van der Waals surface area (Å²) in [6.45, 7) is 14.8. The van der Waals surface area contributed by atoms with Gasteiger partial charge < -0.3 is 10.6 Å². The number of aromatic nitrogens is 1. The zero-order valence-electron chi connectivity index (χ0n) is 15.1. The summed E-state index contributed by atoms with van der Waals surface area (Å²) in [6, 6.07) is 1.06. The first kappa shape index (κ1) is 18.2. The average Bonchev–Trinajstić information content (AvgIpc) is 3.12. The Kier molecular flexibility index (Phi) is 6.84. The van der Waals surface area contributed by atoms with Gasteiger partial charge in [0.2, 0.25) is 0 Å². The van der Waals surface area contributed by atoms with Crippen LogP contribution in [-0.4, -0.2) is 47.6 Å². The van der Waals surface area contributed by atoms with E-state index >= 15 is 0 Å². The van der Waals surface area contributed by atoms with Gasteiger partial charge in [-0.3, -0.25) is 4.90 Å². The molecule has 5 nitrogen and oxygen atoms in total. The number of likely N-dealkylation sites (tertiary alicyclic amines) is 1. The molecule has 0 saturated carbocycles. The van der Waals surface area contributed by atoms with Crippen LogP contribution >= 0.6 is 11.3 Å². The number of hydrogen-bond acceptors (Lipinski definition) is 4. The molecule has 6 heteroatoms. The molecule has 0 bridgehead atoms. The maximum Gasteiger partial charge on any atom is 0.191 e. The number of rotatable bonds is 6. The standard InChI is InChI=1S/C17H31N5S/c1-6-16-20-14(11-23-16)8-19-17(18-7-2)21-15-10-22(12(3)4)9-13(15)5/h11-13,15H,6-10H2,1-5H3,(H2,18,19,21). The predicted octanol–water partition coefficient (Wildman–Crippen LogP) is 2.49. The Balaban J connectivity index is 1.96. The normalized spacial score (nSPS) is 22.8. The summed E-state index contributed by atoms with van der Waals surface area (Å²) in [5, 5.41) is 10.3. The molecule has 2 rings (SSSR count). The first-order valence-electron chi connectivity index (χ1n) is 8.75. The molecular weight excluding hydrogens is 306 g/mol. The van der Waals surface area contributed by atoms with Gasteiger partial charge in [-0.25, -0.2) is 9.98 Å². The molecule has 1 saturated heterocycles. The Morgan fingerprint density at radius 1 is 1.43 bits per heavy atom. The van der Waals surface area contributed by atoms with E-state index in [-0.39, 0.29) is 0 Å². The molecule has 1 aromatic heterocycles. The van der Waals surface area contributed by atoms with E-state index < -0.39 is 0 Å². The third-order valence-corrected chi connectivity index (χ3v) is 5.38. The van der Waals surface area contributed by atoms with Gasteiger partial charge in [0.1, 0.15) is 0 Å². The highest BCUT2D eigenvalue weighted by Crippen LogP contribution is 2.18. The molecule has 0 radical (unpaired) electrons. The quantitative estimate of drug-likeness (QED) is 0.618. The number of aryl methyl sites for hydroxylation is 1. The molecule has 23 heavy (non-hydrogen) atoms. The van der Waals surface area contributed by atoms with Crippen LogP contribution in [0.1, 0.15) is 45.3 Å². The smallest absolute Gasteiger partial charge is 0.191 e. The van der Waals surface area contributed by atoms with Gasteiger partial charge in [-0.2, -0.15) is 0 Å². The van der Waals surface area contributed by atoms with Crippen molar-refractivity contribution in [2.75, 3.05) is 19.6 Å². The summed E-state index contributed by atoms with van der Waals surface area (Å²) in [5.74, 6) is 1.54. The van der Waals surface area contributed by atoms with Gasteiger partial charge in [-0.05, 0) is 33.1 Å². The van der Waals surface area contributed by atoms with Gasteiger partial charge >= 0.3 is 0 Å². The fourth-order valence-electron chi connectivity index (χ4n) is 2.85. The SMILES string of the molecule is CCNC(=NCc1csc(CC)n1)NC1CN(C(C)C)CC1C. The molecule has 1 fully saturated rings. The van der Waals surface area contributed by atoms with Crippen LogP contribution in [-0.2, 0) is 13.0 Å². The molecule has 2 unspecified atom stereocenters. The molecule has 130 valence electrons. The van der Waals surface area contributed by atoms with Crippen LogP contribution in [0.2, 0.25) is 0 Å². The summed E-state index contributed by atoms with van der Waals surface area (Å²) in [4.78, 5) is 11.8. The first-order chi connectivity index (χ1) is 11.0. The van der Waals surface area contributed by atoms with Crippen molar-refractivity contribution < 1.29 is 0 Å². The lowest BCUT2D eigenvalue weighted by Crippen LogP contribution is -2.46. The van der Waals surface area contributed by atoms with E-state index in [1.807, 2.05) is 0 Å². The van der Waals surface area contributed by atoms with Gasteiger partial charge in [0.15, 0.2) is 5.96 Å². The lowest BCUT2D eigenvalue weighted by Gasteiger charge is -2.21. The number of thiazole rings is 1. The molecule has 1 aliphatic rings. The zero-order chi connectivity index (χ0) is 16.8. The van der Waals surface area contributed by atoms with Crippen molar-refractivity contribution in [3.05, 3.63) is 16.1 Å². The molecule has 0 spiro atoms. The van der Waals surface area contributed by atoms with Crippen molar-refractivity contribution >= 4 is 17.3 Å². The van der Waals surface area contributed by atoms with E-state index in [4.69, 9.17) is 4.99 Å². The van der Waals surface area contributed by atoms with Crippen molar-refractivity contribution in [2.24, 2.45) is 10.9 Å². The van der Waals surface area contributed by atoms with Crippen molar-refractivity contribution in [1.82, 2.24) is 20.5 Å². The van der Waals surface area contributed by atoms with E-state index in [1.165, 1.54) is 5.01 Å². The summed E-state index contributed by atoms with van der Waals surface area (Å²) in [6.07, 6.45) is 0.997. The molecular formula is C17H31N5S. The number of nitrogens with one attached hydrogen (secondary N) is 2. The highest BCUT2D eigenvalue weighted by atomic mass is 32.1. The summed E-state index contributed by atoms with van der Waals surface area (Å²) >= 11 is 1.72. The average molecular weight is 338 g/mol. The van der Waals surface area contributed by atoms with Crippen molar-refractivity contribution in [2.45, 2.75) is 59.7 Å². The first-order valence-corrected chi connectivity index (χ1v) is 9.63. The monoisotopic (exact) mass is 337 g/mol. The fraction of sp³-hybridized carbons (Fsp3) is 0.765. The minimum atomic E-state index is 0.455. The maximum absolute atomic E-state index is 4.72. The highest BCUT2D eigenvalue weighted by Gasteiger charge is 2.31.